The minimum atomic E-state index is -0.198. The Morgan fingerprint density at radius 2 is 1.72 bits per heavy atom. The van der Waals surface area contributed by atoms with E-state index in [2.05, 4.69) is 12.1 Å². The van der Waals surface area contributed by atoms with E-state index in [4.69, 9.17) is 32.7 Å². The highest BCUT2D eigenvalue weighted by molar-refractivity contribution is 6.37. The first-order valence-electron chi connectivity index (χ1n) is 9.99. The fourth-order valence-corrected chi connectivity index (χ4v) is 3.89. The molecule has 0 radical (unpaired) electrons. The average molecular weight is 463 g/mol. The highest BCUT2D eigenvalue weighted by atomic mass is 35.5. The number of rotatable bonds is 7. The number of fused-ring (bicyclic) bond motifs is 1. The third-order valence-corrected chi connectivity index (χ3v) is 5.59. The van der Waals surface area contributed by atoms with Gasteiger partial charge < -0.3 is 9.47 Å². The zero-order valence-electron chi connectivity index (χ0n) is 17.3. The largest absolute Gasteiger partial charge is 0.496 e. The lowest BCUT2D eigenvalue weighted by molar-refractivity contribution is 0.104. The second-order valence-electron chi connectivity index (χ2n) is 7.19. The monoisotopic (exact) mass is 462 g/mol. The Labute approximate surface area is 196 Å². The van der Waals surface area contributed by atoms with Gasteiger partial charge in [-0.25, -0.2) is 0 Å². The number of allylic oxidation sites excluding steroid dienone is 1. The summed E-state index contributed by atoms with van der Waals surface area (Å²) in [5.74, 6) is 1.30. The highest BCUT2D eigenvalue weighted by Gasteiger charge is 2.09. The van der Waals surface area contributed by atoms with Crippen molar-refractivity contribution >= 4 is 45.8 Å². The third-order valence-electron chi connectivity index (χ3n) is 5.04. The molecule has 0 heterocycles. The van der Waals surface area contributed by atoms with Gasteiger partial charge in [0.15, 0.2) is 5.78 Å². The van der Waals surface area contributed by atoms with Gasteiger partial charge in [-0.15, -0.1) is 0 Å². The van der Waals surface area contributed by atoms with Crippen LogP contribution in [0.2, 0.25) is 10.0 Å². The van der Waals surface area contributed by atoms with Crippen molar-refractivity contribution in [1.82, 2.24) is 0 Å². The summed E-state index contributed by atoms with van der Waals surface area (Å²) in [5.41, 5.74) is 2.13. The SMILES string of the molecule is COc1ccc(/C=C/C(=O)c2ccc(Cl)cc2Cl)cc1COc1ccc2ccccc2c1. The Morgan fingerprint density at radius 3 is 2.50 bits per heavy atom. The molecule has 0 unspecified atom stereocenters. The number of ketones is 1. The van der Waals surface area contributed by atoms with Gasteiger partial charge in [-0.1, -0.05) is 65.7 Å². The van der Waals surface area contributed by atoms with Gasteiger partial charge >= 0.3 is 0 Å². The van der Waals surface area contributed by atoms with Gasteiger partial charge in [-0.3, -0.25) is 4.79 Å². The summed E-state index contributed by atoms with van der Waals surface area (Å²) in [5, 5.41) is 3.09. The molecular weight excluding hydrogens is 443 g/mol. The molecule has 5 heteroatoms. The molecule has 0 atom stereocenters. The molecule has 0 aliphatic heterocycles. The molecule has 160 valence electrons. The molecule has 4 aromatic rings. The first-order valence-corrected chi connectivity index (χ1v) is 10.7. The molecule has 0 aromatic heterocycles. The first kappa shape index (κ1) is 21.9. The Balaban J connectivity index is 1.51. The van der Waals surface area contributed by atoms with Gasteiger partial charge in [0, 0.05) is 16.1 Å². The van der Waals surface area contributed by atoms with E-state index in [1.807, 2.05) is 48.5 Å². The molecule has 0 amide bonds. The van der Waals surface area contributed by atoms with Crippen LogP contribution in [0.25, 0.3) is 16.8 Å². The van der Waals surface area contributed by atoms with Gasteiger partial charge in [0.05, 0.1) is 12.1 Å². The van der Waals surface area contributed by atoms with Crippen molar-refractivity contribution in [2.45, 2.75) is 6.61 Å². The maximum atomic E-state index is 12.5. The average Bonchev–Trinajstić information content (AvgIpc) is 2.81. The zero-order chi connectivity index (χ0) is 22.5. The van der Waals surface area contributed by atoms with Crippen molar-refractivity contribution in [3.8, 4) is 11.5 Å². The van der Waals surface area contributed by atoms with Crippen molar-refractivity contribution < 1.29 is 14.3 Å². The van der Waals surface area contributed by atoms with Crippen molar-refractivity contribution in [3.63, 3.8) is 0 Å². The van der Waals surface area contributed by atoms with E-state index in [1.165, 1.54) is 6.08 Å². The Morgan fingerprint density at radius 1 is 0.906 bits per heavy atom. The van der Waals surface area contributed by atoms with E-state index >= 15 is 0 Å². The Hall–Kier alpha value is -3.27. The maximum Gasteiger partial charge on any atom is 0.187 e. The van der Waals surface area contributed by atoms with E-state index in [0.717, 1.165) is 33.4 Å². The van der Waals surface area contributed by atoms with Crippen LogP contribution in [0, 0.1) is 0 Å². The fraction of sp³-hybridized carbons (Fsp3) is 0.0741. The van der Waals surface area contributed by atoms with Gasteiger partial charge in [-0.05, 0) is 64.9 Å². The van der Waals surface area contributed by atoms with Gasteiger partial charge in [0.25, 0.3) is 0 Å². The smallest absolute Gasteiger partial charge is 0.187 e. The number of carbonyl (C=O) groups is 1. The standard InChI is InChI=1S/C27H20Cl2O3/c1-31-27-13-7-18(6-12-26(30)24-11-9-22(28)16-25(24)29)14-21(27)17-32-23-10-8-19-4-2-3-5-20(19)15-23/h2-16H,17H2,1H3/b12-6+. The van der Waals surface area contributed by atoms with Crippen LogP contribution in [-0.4, -0.2) is 12.9 Å². The zero-order valence-corrected chi connectivity index (χ0v) is 18.9. The number of carbonyl (C=O) groups excluding carboxylic acids is 1. The summed E-state index contributed by atoms with van der Waals surface area (Å²) in [7, 11) is 1.62. The van der Waals surface area contributed by atoms with Crippen LogP contribution in [0.15, 0.2) is 84.9 Å². The number of hydrogen-bond acceptors (Lipinski definition) is 3. The predicted molar refractivity (Wildman–Crippen MR) is 131 cm³/mol. The number of ether oxygens (including phenoxy) is 2. The topological polar surface area (TPSA) is 35.5 Å². The lowest BCUT2D eigenvalue weighted by atomic mass is 10.1. The van der Waals surface area contributed by atoms with Crippen molar-refractivity contribution in [2.75, 3.05) is 7.11 Å². The normalized spacial score (nSPS) is 11.1. The van der Waals surface area contributed by atoms with Gasteiger partial charge in [0.1, 0.15) is 18.1 Å². The van der Waals surface area contributed by atoms with E-state index in [-0.39, 0.29) is 5.78 Å². The lowest BCUT2D eigenvalue weighted by Gasteiger charge is -2.12. The molecule has 0 bridgehead atoms. The molecule has 4 aromatic carbocycles. The summed E-state index contributed by atoms with van der Waals surface area (Å²) < 4.78 is 11.5. The molecule has 0 spiro atoms. The molecule has 32 heavy (non-hydrogen) atoms. The highest BCUT2D eigenvalue weighted by Crippen LogP contribution is 2.26. The van der Waals surface area contributed by atoms with Crippen LogP contribution in [0.5, 0.6) is 11.5 Å². The molecule has 0 fully saturated rings. The second kappa shape index (κ2) is 9.90. The number of benzene rings is 4. The molecule has 3 nitrogen and oxygen atoms in total. The van der Waals surface area contributed by atoms with Gasteiger partial charge in [-0.2, -0.15) is 0 Å². The molecule has 0 aliphatic rings. The van der Waals surface area contributed by atoms with Crippen LogP contribution in [-0.2, 0) is 6.61 Å². The Bertz CT molecular complexity index is 1310. The third kappa shape index (κ3) is 5.13. The second-order valence-corrected chi connectivity index (χ2v) is 8.03. The molecule has 0 saturated carbocycles. The minimum absolute atomic E-state index is 0.198. The summed E-state index contributed by atoms with van der Waals surface area (Å²) in [6.45, 7) is 0.333. The summed E-state index contributed by atoms with van der Waals surface area (Å²) in [6.07, 6.45) is 3.23. The first-order chi connectivity index (χ1) is 15.5. The van der Waals surface area contributed by atoms with E-state index in [9.17, 15) is 4.79 Å². The van der Waals surface area contributed by atoms with Crippen molar-refractivity contribution in [1.29, 1.82) is 0 Å². The number of hydrogen-bond donors (Lipinski definition) is 0. The van der Waals surface area contributed by atoms with Gasteiger partial charge in [0.2, 0.25) is 0 Å². The number of halogens is 2. The molecule has 0 aliphatic carbocycles. The van der Waals surface area contributed by atoms with Crippen molar-refractivity contribution in [3.05, 3.63) is 112 Å². The molecule has 0 saturated heterocycles. The van der Waals surface area contributed by atoms with Crippen LogP contribution >= 0.6 is 23.2 Å². The Kier molecular flexibility index (Phi) is 6.79. The van der Waals surface area contributed by atoms with E-state index in [1.54, 1.807) is 31.4 Å². The minimum Gasteiger partial charge on any atom is -0.496 e. The molecular formula is C27H20Cl2O3. The maximum absolute atomic E-state index is 12.5. The summed E-state index contributed by atoms with van der Waals surface area (Å²) in [4.78, 5) is 12.5. The summed E-state index contributed by atoms with van der Waals surface area (Å²) in [6, 6.07) is 24.6. The number of methoxy groups -OCH3 is 1. The van der Waals surface area contributed by atoms with Crippen LogP contribution < -0.4 is 9.47 Å². The van der Waals surface area contributed by atoms with Crippen molar-refractivity contribution in [2.24, 2.45) is 0 Å². The lowest BCUT2D eigenvalue weighted by Crippen LogP contribution is -1.99. The molecule has 4 rings (SSSR count). The summed E-state index contributed by atoms with van der Waals surface area (Å²) >= 11 is 12.0. The van der Waals surface area contributed by atoms with Crippen LogP contribution in [0.1, 0.15) is 21.5 Å². The van der Waals surface area contributed by atoms with E-state index < -0.39 is 0 Å². The van der Waals surface area contributed by atoms with Crippen LogP contribution in [0.4, 0.5) is 0 Å². The molecule has 0 N–H and O–H groups in total. The fourth-order valence-electron chi connectivity index (χ4n) is 3.38. The van der Waals surface area contributed by atoms with E-state index in [0.29, 0.717) is 22.2 Å². The quantitative estimate of drug-likeness (QED) is 0.209. The van der Waals surface area contributed by atoms with Crippen LogP contribution in [0.3, 0.4) is 0 Å². The predicted octanol–water partition coefficient (Wildman–Crippen LogP) is 7.63.